The number of benzene rings is 1. The van der Waals surface area contributed by atoms with E-state index in [1.807, 2.05) is 44.2 Å². The zero-order valence-corrected chi connectivity index (χ0v) is 32.3. The number of phosphoric ester groups is 1. The summed E-state index contributed by atoms with van der Waals surface area (Å²) in [5, 5.41) is 20.1. The van der Waals surface area contributed by atoms with Gasteiger partial charge in [-0.3, -0.25) is 33.3 Å². The monoisotopic (exact) mass is 790 g/mol. The summed E-state index contributed by atoms with van der Waals surface area (Å²) in [6.45, 7) is 6.59. The number of nitrogens with zero attached hydrogens (tertiary/aromatic N) is 3. The SMILES string of the molecule is CC(=O)N1CCC[C@H]1C(=O)N[C@@H](CC(C)C)C(=O)N[C@@H](Cc1cncn1/C=C\c1ccccc1)C(=O)N[C@@H](CO)C(=O)N[C@H](C(N)=O)C(C)(C)OP(=O)(O)O. The van der Waals surface area contributed by atoms with Crippen LogP contribution in [-0.4, -0.2) is 114 Å². The molecule has 302 valence electrons. The Morgan fingerprint density at radius 1 is 1.00 bits per heavy atom. The molecule has 55 heavy (non-hydrogen) atoms. The Morgan fingerprint density at radius 2 is 1.62 bits per heavy atom. The summed E-state index contributed by atoms with van der Waals surface area (Å²) in [6.07, 6.45) is 7.41. The molecular formula is C35H51N8O11P. The maximum Gasteiger partial charge on any atom is 0.470 e. The molecular weight excluding hydrogens is 739 g/mol. The molecule has 2 heterocycles. The van der Waals surface area contributed by atoms with Gasteiger partial charge in [-0.1, -0.05) is 44.2 Å². The number of amides is 6. The van der Waals surface area contributed by atoms with Gasteiger partial charge in [0.25, 0.3) is 0 Å². The van der Waals surface area contributed by atoms with Gasteiger partial charge in [-0.25, -0.2) is 9.55 Å². The van der Waals surface area contributed by atoms with Crippen molar-refractivity contribution in [3.63, 3.8) is 0 Å². The molecule has 0 aliphatic carbocycles. The summed E-state index contributed by atoms with van der Waals surface area (Å²) in [5.74, 6) is -5.00. The average molecular weight is 791 g/mol. The molecule has 0 saturated carbocycles. The second-order valence-corrected chi connectivity index (χ2v) is 15.3. The lowest BCUT2D eigenvalue weighted by Crippen LogP contribution is -2.63. The molecule has 0 bridgehead atoms. The Bertz CT molecular complexity index is 1760. The van der Waals surface area contributed by atoms with Crippen LogP contribution in [0, 0.1) is 5.92 Å². The van der Waals surface area contributed by atoms with E-state index in [1.165, 1.54) is 24.3 Å². The van der Waals surface area contributed by atoms with Gasteiger partial charge in [-0.2, -0.15) is 0 Å². The minimum absolute atomic E-state index is 0.0974. The molecule has 0 spiro atoms. The molecule has 1 aromatic heterocycles. The molecule has 20 heteroatoms. The minimum atomic E-state index is -5.17. The zero-order valence-electron chi connectivity index (χ0n) is 31.4. The highest BCUT2D eigenvalue weighted by Crippen LogP contribution is 2.42. The Labute approximate surface area is 318 Å². The molecule has 9 N–H and O–H groups in total. The van der Waals surface area contributed by atoms with Crippen molar-refractivity contribution in [2.45, 2.75) is 96.1 Å². The van der Waals surface area contributed by atoms with Crippen molar-refractivity contribution in [1.82, 2.24) is 35.7 Å². The summed E-state index contributed by atoms with van der Waals surface area (Å²) in [5.41, 5.74) is 4.66. The van der Waals surface area contributed by atoms with Crippen LogP contribution in [0.5, 0.6) is 0 Å². The molecule has 6 amide bonds. The van der Waals surface area contributed by atoms with Crippen molar-refractivity contribution in [1.29, 1.82) is 0 Å². The Hall–Kier alpha value is -4.94. The first-order chi connectivity index (χ1) is 25.7. The van der Waals surface area contributed by atoms with Crippen LogP contribution in [0.4, 0.5) is 0 Å². The largest absolute Gasteiger partial charge is 0.470 e. The van der Waals surface area contributed by atoms with Crippen molar-refractivity contribution >= 4 is 55.5 Å². The lowest BCUT2D eigenvalue weighted by atomic mass is 9.98. The third-order valence-corrected chi connectivity index (χ3v) is 9.46. The van der Waals surface area contributed by atoms with Crippen molar-refractivity contribution in [3.8, 4) is 0 Å². The number of aliphatic hydroxyl groups excluding tert-OH is 1. The highest BCUT2D eigenvalue weighted by Gasteiger charge is 2.42. The minimum Gasteiger partial charge on any atom is -0.394 e. The Kier molecular flexibility index (Phi) is 15.8. The number of phosphoric acid groups is 1. The molecule has 1 saturated heterocycles. The number of imidazole rings is 1. The molecule has 5 atom stereocenters. The van der Waals surface area contributed by atoms with Crippen LogP contribution in [0.15, 0.2) is 42.9 Å². The number of carbonyl (C=O) groups excluding carboxylic acids is 6. The van der Waals surface area contributed by atoms with Crippen molar-refractivity contribution in [2.24, 2.45) is 11.7 Å². The van der Waals surface area contributed by atoms with E-state index in [-0.39, 0.29) is 24.7 Å². The van der Waals surface area contributed by atoms with E-state index < -0.39 is 79.8 Å². The van der Waals surface area contributed by atoms with Gasteiger partial charge in [0, 0.05) is 38.0 Å². The van der Waals surface area contributed by atoms with Gasteiger partial charge in [0.05, 0.1) is 12.9 Å². The predicted molar refractivity (Wildman–Crippen MR) is 199 cm³/mol. The highest BCUT2D eigenvalue weighted by atomic mass is 31.2. The second-order valence-electron chi connectivity index (χ2n) is 14.1. The summed E-state index contributed by atoms with van der Waals surface area (Å²) >= 11 is 0. The van der Waals surface area contributed by atoms with E-state index in [9.17, 15) is 48.2 Å². The normalized spacial score (nSPS) is 17.0. The van der Waals surface area contributed by atoms with Crippen LogP contribution in [0.25, 0.3) is 12.3 Å². The highest BCUT2D eigenvalue weighted by molar-refractivity contribution is 7.46. The van der Waals surface area contributed by atoms with Gasteiger partial charge in [0.1, 0.15) is 35.8 Å². The fourth-order valence-electron chi connectivity index (χ4n) is 6.09. The fourth-order valence-corrected chi connectivity index (χ4v) is 6.81. The number of hydrogen-bond acceptors (Lipinski definition) is 10. The number of aliphatic hydroxyl groups is 1. The maximum atomic E-state index is 14.0. The van der Waals surface area contributed by atoms with Gasteiger partial charge in [0.15, 0.2) is 0 Å². The third kappa shape index (κ3) is 13.4. The standard InChI is InChI=1S/C35H51N8O11P/c1-21(2)16-25(39-34(50)28-12-9-14-43(28)22(3)45)31(47)38-26(17-24-18-37-20-42(24)15-13-23-10-7-6-8-11-23)32(48)40-27(19-44)33(49)41-29(30(36)46)35(4,5)54-55(51,52)53/h6-8,10-11,13,15,18,20-21,25-29,44H,9,12,14,16-17,19H2,1-5H3,(H2,36,46)(H,38,47)(H,39,50)(H,40,48)(H,41,49)(H2,51,52,53)/b15-13-/t25-,26-,27-,28-,29+/m0/s1. The van der Waals surface area contributed by atoms with Crippen molar-refractivity contribution in [3.05, 3.63) is 54.1 Å². The topological polar surface area (TPSA) is 285 Å². The van der Waals surface area contributed by atoms with Gasteiger partial charge in [-0.05, 0) is 50.7 Å². The van der Waals surface area contributed by atoms with Gasteiger partial charge >= 0.3 is 7.82 Å². The molecule has 0 unspecified atom stereocenters. The van der Waals surface area contributed by atoms with Crippen LogP contribution in [0.1, 0.15) is 65.1 Å². The quantitative estimate of drug-likeness (QED) is 0.0830. The molecule has 1 aliphatic rings. The first-order valence-corrected chi connectivity index (χ1v) is 19.1. The lowest BCUT2D eigenvalue weighted by molar-refractivity contribution is -0.139. The number of hydrogen-bond donors (Lipinski definition) is 8. The lowest BCUT2D eigenvalue weighted by Gasteiger charge is -2.33. The number of likely N-dealkylation sites (tertiary alicyclic amines) is 1. The Morgan fingerprint density at radius 3 is 2.20 bits per heavy atom. The van der Waals surface area contributed by atoms with Crippen molar-refractivity contribution < 1.29 is 52.7 Å². The number of nitrogens with two attached hydrogens (primary N) is 1. The number of primary amides is 1. The molecule has 19 nitrogen and oxygen atoms in total. The van der Waals surface area contributed by atoms with E-state index in [0.717, 1.165) is 19.4 Å². The maximum absolute atomic E-state index is 14.0. The summed E-state index contributed by atoms with van der Waals surface area (Å²) in [6, 6.07) is 2.37. The molecule has 1 aliphatic heterocycles. The van der Waals surface area contributed by atoms with E-state index >= 15 is 0 Å². The second kappa shape index (κ2) is 19.6. The Balaban J connectivity index is 1.91. The molecule has 1 aromatic carbocycles. The summed E-state index contributed by atoms with van der Waals surface area (Å²) in [4.78, 5) is 103. The fraction of sp³-hybridized carbons (Fsp3) is 0.514. The summed E-state index contributed by atoms with van der Waals surface area (Å²) < 4.78 is 17.8. The van der Waals surface area contributed by atoms with Crippen molar-refractivity contribution in [2.75, 3.05) is 13.2 Å². The third-order valence-electron chi connectivity index (χ3n) is 8.76. The first kappa shape index (κ1) is 44.5. The van der Waals surface area contributed by atoms with Crippen LogP contribution in [-0.2, 0) is 44.3 Å². The number of rotatable bonds is 19. The number of carbonyl (C=O) groups is 6. The van der Waals surface area contributed by atoms with E-state index in [4.69, 9.17) is 5.73 Å². The van der Waals surface area contributed by atoms with Crippen LogP contribution in [0.2, 0.25) is 0 Å². The van der Waals surface area contributed by atoms with Crippen LogP contribution >= 0.6 is 7.82 Å². The summed E-state index contributed by atoms with van der Waals surface area (Å²) in [7, 11) is -5.17. The molecule has 2 aromatic rings. The van der Waals surface area contributed by atoms with E-state index in [2.05, 4.69) is 30.8 Å². The molecule has 0 radical (unpaired) electrons. The molecule has 1 fully saturated rings. The predicted octanol–water partition coefficient (Wildman–Crippen LogP) is -0.585. The van der Waals surface area contributed by atoms with E-state index in [1.54, 1.807) is 16.8 Å². The van der Waals surface area contributed by atoms with Gasteiger partial charge in [-0.15, -0.1) is 0 Å². The number of aromatic nitrogens is 2. The van der Waals surface area contributed by atoms with Gasteiger partial charge < -0.3 is 51.4 Å². The number of nitrogens with one attached hydrogen (secondary N) is 4. The van der Waals surface area contributed by atoms with E-state index in [0.29, 0.717) is 25.1 Å². The van der Waals surface area contributed by atoms with Crippen LogP contribution < -0.4 is 27.0 Å². The van der Waals surface area contributed by atoms with Crippen LogP contribution in [0.3, 0.4) is 0 Å². The first-order valence-electron chi connectivity index (χ1n) is 17.6. The zero-order chi connectivity index (χ0) is 41.1. The van der Waals surface area contributed by atoms with Gasteiger partial charge in [0.2, 0.25) is 35.4 Å². The smallest absolute Gasteiger partial charge is 0.394 e. The molecule has 3 rings (SSSR count). The average Bonchev–Trinajstić information content (AvgIpc) is 3.77.